The van der Waals surface area contributed by atoms with Gasteiger partial charge in [-0.1, -0.05) is 0 Å². The number of ether oxygens (including phenoxy) is 1. The van der Waals surface area contributed by atoms with Crippen molar-refractivity contribution in [3.8, 4) is 0 Å². The molecule has 0 aromatic carbocycles. The average Bonchev–Trinajstić information content (AvgIpc) is 2.29. The molecule has 0 saturated heterocycles. The smallest absolute Gasteiger partial charge is 0.132 e. The van der Waals surface area contributed by atoms with E-state index in [4.69, 9.17) is 14.5 Å². The van der Waals surface area contributed by atoms with Gasteiger partial charge in [0.15, 0.2) is 0 Å². The highest BCUT2D eigenvalue weighted by Gasteiger charge is 2.24. The van der Waals surface area contributed by atoms with Crippen molar-refractivity contribution in [2.24, 2.45) is 11.8 Å². The lowest BCUT2D eigenvalue weighted by Gasteiger charge is -2.26. The maximum Gasteiger partial charge on any atom is 0.132 e. The lowest BCUT2D eigenvalue weighted by molar-refractivity contribution is -0.306. The molecule has 4 heteroatoms. The third-order valence-electron chi connectivity index (χ3n) is 3.18. The number of methoxy groups -OCH3 is 1. The Balaban J connectivity index is 2.02. The zero-order valence-corrected chi connectivity index (χ0v) is 10.2. The molecule has 0 amide bonds. The van der Waals surface area contributed by atoms with Gasteiger partial charge in [0.2, 0.25) is 0 Å². The van der Waals surface area contributed by atoms with E-state index >= 15 is 0 Å². The third-order valence-corrected chi connectivity index (χ3v) is 3.18. The van der Waals surface area contributed by atoms with Crippen LogP contribution in [0.2, 0.25) is 0 Å². The molecule has 0 atom stereocenters. The summed E-state index contributed by atoms with van der Waals surface area (Å²) in [6.07, 6.45) is 4.14. The summed E-state index contributed by atoms with van der Waals surface area (Å²) in [5, 5.41) is 0. The van der Waals surface area contributed by atoms with E-state index in [-0.39, 0.29) is 5.92 Å². The largest absolute Gasteiger partial charge is 0.382 e. The highest BCUT2D eigenvalue weighted by atomic mass is 17.2. The second-order valence-corrected chi connectivity index (χ2v) is 4.43. The van der Waals surface area contributed by atoms with Crippen molar-refractivity contribution in [1.82, 2.24) is 0 Å². The summed E-state index contributed by atoms with van der Waals surface area (Å²) in [6.45, 7) is 3.35. The van der Waals surface area contributed by atoms with Crippen molar-refractivity contribution >= 4 is 5.78 Å². The Kier molecular flexibility index (Phi) is 6.61. The van der Waals surface area contributed by atoms with Gasteiger partial charge in [0.25, 0.3) is 0 Å². The Labute approximate surface area is 97.2 Å². The molecule has 1 aliphatic rings. The third kappa shape index (κ3) is 5.05. The molecule has 4 nitrogen and oxygen atoms in total. The summed E-state index contributed by atoms with van der Waals surface area (Å²) < 4.78 is 4.83. The second kappa shape index (κ2) is 7.76. The molecule has 0 aromatic heterocycles. The van der Waals surface area contributed by atoms with Crippen molar-refractivity contribution in [1.29, 1.82) is 0 Å². The van der Waals surface area contributed by atoms with Crippen LogP contribution in [0.1, 0.15) is 32.6 Å². The number of ketones is 1. The lowest BCUT2D eigenvalue weighted by Crippen LogP contribution is -2.22. The first-order valence-electron chi connectivity index (χ1n) is 5.97. The van der Waals surface area contributed by atoms with Crippen LogP contribution in [0.25, 0.3) is 0 Å². The van der Waals surface area contributed by atoms with Gasteiger partial charge in [-0.2, -0.15) is 0 Å². The van der Waals surface area contributed by atoms with Gasteiger partial charge in [-0.05, 0) is 38.5 Å². The Morgan fingerprint density at radius 3 is 2.38 bits per heavy atom. The molecular weight excluding hydrogens is 208 g/mol. The monoisotopic (exact) mass is 230 g/mol. The zero-order valence-electron chi connectivity index (χ0n) is 10.2. The first kappa shape index (κ1) is 13.6. The number of hydrogen-bond acceptors (Lipinski definition) is 4. The van der Waals surface area contributed by atoms with Crippen LogP contribution in [0, 0.1) is 11.8 Å². The van der Waals surface area contributed by atoms with E-state index in [0.29, 0.717) is 31.5 Å². The topological polar surface area (TPSA) is 44.8 Å². The highest BCUT2D eigenvalue weighted by molar-refractivity contribution is 5.78. The minimum Gasteiger partial charge on any atom is -0.382 e. The summed E-state index contributed by atoms with van der Waals surface area (Å²) in [5.41, 5.74) is 0. The second-order valence-electron chi connectivity index (χ2n) is 4.43. The van der Waals surface area contributed by atoms with Gasteiger partial charge in [0, 0.05) is 13.0 Å². The summed E-state index contributed by atoms with van der Waals surface area (Å²) >= 11 is 0. The normalized spacial score (nSPS) is 25.6. The van der Waals surface area contributed by atoms with Crippen LogP contribution in [0.4, 0.5) is 0 Å². The fourth-order valence-electron chi connectivity index (χ4n) is 2.06. The van der Waals surface area contributed by atoms with Crippen molar-refractivity contribution in [2.45, 2.75) is 32.6 Å². The molecule has 1 aliphatic carbocycles. The highest BCUT2D eigenvalue weighted by Crippen LogP contribution is 2.29. The standard InChI is InChI=1S/C12H22O4/c1-10(13)12-5-3-11(4-6-12)9-16-15-8-7-14-2/h11-12H,3-9H2,1-2H3. The molecule has 1 fully saturated rings. The van der Waals surface area contributed by atoms with Crippen LogP contribution >= 0.6 is 0 Å². The summed E-state index contributed by atoms with van der Waals surface area (Å²) in [6, 6.07) is 0. The first-order chi connectivity index (χ1) is 7.74. The fourth-order valence-corrected chi connectivity index (χ4v) is 2.06. The van der Waals surface area contributed by atoms with Gasteiger partial charge in [0.05, 0.1) is 13.2 Å². The fraction of sp³-hybridized carbons (Fsp3) is 0.917. The Morgan fingerprint density at radius 2 is 1.81 bits per heavy atom. The summed E-state index contributed by atoms with van der Waals surface area (Å²) in [5.74, 6) is 1.15. The van der Waals surface area contributed by atoms with Crippen LogP contribution in [-0.2, 0) is 19.3 Å². The van der Waals surface area contributed by atoms with Gasteiger partial charge in [0.1, 0.15) is 12.4 Å². The van der Waals surface area contributed by atoms with E-state index in [1.807, 2.05) is 0 Å². The van der Waals surface area contributed by atoms with Gasteiger partial charge < -0.3 is 4.74 Å². The maximum atomic E-state index is 11.2. The van der Waals surface area contributed by atoms with Crippen LogP contribution in [0.5, 0.6) is 0 Å². The van der Waals surface area contributed by atoms with Crippen LogP contribution in [0.3, 0.4) is 0 Å². The van der Waals surface area contributed by atoms with E-state index in [1.165, 1.54) is 0 Å². The van der Waals surface area contributed by atoms with Gasteiger partial charge in [-0.3, -0.25) is 4.79 Å². The predicted octanol–water partition coefficient (Wildman–Crippen LogP) is 1.98. The molecule has 0 unspecified atom stereocenters. The molecule has 0 N–H and O–H groups in total. The number of carbonyl (C=O) groups excluding carboxylic acids is 1. The number of carbonyl (C=O) groups is 1. The average molecular weight is 230 g/mol. The minimum atomic E-state index is 0.283. The Bertz CT molecular complexity index is 197. The molecule has 0 aromatic rings. The summed E-state index contributed by atoms with van der Waals surface area (Å²) in [4.78, 5) is 21.2. The molecular formula is C12H22O4. The zero-order chi connectivity index (χ0) is 11.8. The molecule has 94 valence electrons. The number of hydrogen-bond donors (Lipinski definition) is 0. The van der Waals surface area contributed by atoms with Gasteiger partial charge >= 0.3 is 0 Å². The molecule has 0 heterocycles. The van der Waals surface area contributed by atoms with E-state index in [1.54, 1.807) is 14.0 Å². The lowest BCUT2D eigenvalue weighted by atomic mass is 9.81. The quantitative estimate of drug-likeness (QED) is 0.381. The molecule has 1 rings (SSSR count). The predicted molar refractivity (Wildman–Crippen MR) is 59.9 cm³/mol. The molecule has 16 heavy (non-hydrogen) atoms. The first-order valence-corrected chi connectivity index (χ1v) is 5.97. The van der Waals surface area contributed by atoms with Crippen molar-refractivity contribution in [3.05, 3.63) is 0 Å². The Hall–Kier alpha value is -0.450. The van der Waals surface area contributed by atoms with Crippen LogP contribution in [-0.4, -0.2) is 32.7 Å². The van der Waals surface area contributed by atoms with Crippen molar-refractivity contribution < 1.29 is 19.3 Å². The molecule has 0 spiro atoms. The molecule has 1 saturated carbocycles. The van der Waals surface area contributed by atoms with Crippen LogP contribution in [0.15, 0.2) is 0 Å². The molecule has 0 aliphatic heterocycles. The van der Waals surface area contributed by atoms with E-state index in [9.17, 15) is 4.79 Å². The SMILES string of the molecule is COCCOOCC1CCC(C(C)=O)CC1. The maximum absolute atomic E-state index is 11.2. The summed E-state index contributed by atoms with van der Waals surface area (Å²) in [7, 11) is 1.63. The number of Topliss-reactive ketones (excluding diaryl/α,β-unsaturated/α-hetero) is 1. The molecule has 0 radical (unpaired) electrons. The van der Waals surface area contributed by atoms with E-state index < -0.39 is 0 Å². The van der Waals surface area contributed by atoms with Crippen molar-refractivity contribution in [2.75, 3.05) is 26.9 Å². The number of rotatable bonds is 7. The van der Waals surface area contributed by atoms with Gasteiger partial charge in [-0.15, -0.1) is 0 Å². The van der Waals surface area contributed by atoms with Gasteiger partial charge in [-0.25, -0.2) is 9.78 Å². The van der Waals surface area contributed by atoms with Crippen LogP contribution < -0.4 is 0 Å². The minimum absolute atomic E-state index is 0.283. The Morgan fingerprint density at radius 1 is 1.12 bits per heavy atom. The molecule has 0 bridgehead atoms. The van der Waals surface area contributed by atoms with E-state index in [0.717, 1.165) is 25.7 Å². The van der Waals surface area contributed by atoms with Crippen molar-refractivity contribution in [3.63, 3.8) is 0 Å². The van der Waals surface area contributed by atoms with E-state index in [2.05, 4.69) is 0 Å².